The third-order valence-electron chi connectivity index (χ3n) is 7.99. The summed E-state index contributed by atoms with van der Waals surface area (Å²) in [7, 11) is 0. The number of fused-ring (bicyclic) bond motifs is 2. The van der Waals surface area contributed by atoms with Crippen molar-refractivity contribution in [1.29, 1.82) is 0 Å². The molecule has 0 radical (unpaired) electrons. The number of thiophene rings is 1. The van der Waals surface area contributed by atoms with Crippen LogP contribution >= 0.6 is 22.9 Å². The molecule has 1 fully saturated rings. The van der Waals surface area contributed by atoms with E-state index in [-0.39, 0.29) is 60.4 Å². The van der Waals surface area contributed by atoms with Crippen LogP contribution in [0, 0.1) is 0 Å². The lowest BCUT2D eigenvalue weighted by Gasteiger charge is -2.38. The second kappa shape index (κ2) is 13.4. The van der Waals surface area contributed by atoms with Crippen molar-refractivity contribution in [3.8, 4) is 10.7 Å². The fraction of sp³-hybridized carbons (Fsp3) is 0.469. The van der Waals surface area contributed by atoms with Crippen LogP contribution in [0.3, 0.4) is 0 Å². The molecule has 17 heteroatoms. The van der Waals surface area contributed by atoms with Crippen LogP contribution in [0.2, 0.25) is 5.02 Å². The number of halogens is 4. The predicted octanol–water partition coefficient (Wildman–Crippen LogP) is 5.45. The summed E-state index contributed by atoms with van der Waals surface area (Å²) in [6.45, 7) is 5.62. The Hall–Kier alpha value is -3.99. The van der Waals surface area contributed by atoms with Crippen LogP contribution in [0.5, 0.6) is 0 Å². The third kappa shape index (κ3) is 7.18. The third-order valence-corrected chi connectivity index (χ3v) is 9.45. The van der Waals surface area contributed by atoms with Crippen LogP contribution in [0.15, 0.2) is 29.1 Å². The van der Waals surface area contributed by atoms with Gasteiger partial charge in [-0.05, 0) is 63.4 Å². The molecule has 5 heterocycles. The van der Waals surface area contributed by atoms with Gasteiger partial charge in [0.05, 0.1) is 48.7 Å². The molecule has 49 heavy (non-hydrogen) atoms. The van der Waals surface area contributed by atoms with Crippen LogP contribution in [-0.4, -0.2) is 67.9 Å². The molecule has 2 N–H and O–H groups in total. The van der Waals surface area contributed by atoms with Gasteiger partial charge in [-0.15, -0.1) is 16.4 Å². The quantitative estimate of drug-likeness (QED) is 0.269. The number of rotatable bonds is 6. The number of amides is 2. The molecule has 0 spiro atoms. The van der Waals surface area contributed by atoms with E-state index in [1.54, 1.807) is 33.8 Å². The fourth-order valence-corrected chi connectivity index (χ4v) is 7.08. The Morgan fingerprint density at radius 3 is 2.73 bits per heavy atom. The monoisotopic (exact) mass is 723 g/mol. The predicted molar refractivity (Wildman–Crippen MR) is 177 cm³/mol. The smallest absolute Gasteiger partial charge is 0.416 e. The summed E-state index contributed by atoms with van der Waals surface area (Å²) in [4.78, 5) is 49.0. The van der Waals surface area contributed by atoms with E-state index in [9.17, 15) is 27.6 Å². The minimum Gasteiger partial charge on any atom is -0.444 e. The van der Waals surface area contributed by atoms with E-state index in [4.69, 9.17) is 23.8 Å². The SMILES string of the molecule is [2H]C1([2H])Cc2cc(-c3nc4n(CC(=O)Nc5ccc(C(F)(F)F)cc5Cl)c(CC)c(C5CNCCN5C(=O)OC(C)(C)C)c(=O)n4n3)sc2CO1. The molecule has 1 unspecified atom stereocenters. The van der Waals surface area contributed by atoms with Crippen molar-refractivity contribution in [3.63, 3.8) is 0 Å². The van der Waals surface area contributed by atoms with E-state index in [2.05, 4.69) is 20.7 Å². The Kier molecular flexibility index (Phi) is 8.80. The maximum Gasteiger partial charge on any atom is 0.416 e. The topological polar surface area (TPSA) is 132 Å². The van der Waals surface area contributed by atoms with Gasteiger partial charge in [0.1, 0.15) is 12.1 Å². The normalized spacial score (nSPS) is 18.5. The van der Waals surface area contributed by atoms with E-state index in [0.717, 1.165) is 27.1 Å². The number of ether oxygens (including phenoxy) is 2. The number of aryl methyl sites for hydroxylation is 1. The molecule has 12 nitrogen and oxygen atoms in total. The number of nitrogens with zero attached hydrogens (tertiary/aromatic N) is 5. The van der Waals surface area contributed by atoms with Gasteiger partial charge in [0, 0.05) is 30.2 Å². The molecule has 1 saturated heterocycles. The fourth-order valence-electron chi connectivity index (χ4n) is 5.83. The molecule has 6 rings (SSSR count). The number of carbonyl (C=O) groups excluding carboxylic acids is 2. The summed E-state index contributed by atoms with van der Waals surface area (Å²) < 4.78 is 69.3. The van der Waals surface area contributed by atoms with Gasteiger partial charge in [-0.25, -0.2) is 4.79 Å². The average molecular weight is 724 g/mol. The van der Waals surface area contributed by atoms with Crippen LogP contribution in [0.4, 0.5) is 23.7 Å². The number of hydrogen-bond donors (Lipinski definition) is 2. The van der Waals surface area contributed by atoms with Gasteiger partial charge in [-0.1, -0.05) is 18.5 Å². The van der Waals surface area contributed by atoms with Gasteiger partial charge in [-0.2, -0.15) is 22.7 Å². The van der Waals surface area contributed by atoms with Crippen LogP contribution in [0.1, 0.15) is 63.7 Å². The molecule has 2 aliphatic rings. The standard InChI is InChI=1S/C32H35ClF3N7O5S/c1-5-21-26(22-14-37-9-10-41(22)30(46)48-31(2,3)4)28(45)43-29(39-27(40-43)23-12-17-8-11-47-16-24(17)49-23)42(21)15-25(44)38-20-7-6-18(13-19(20)33)32(34,35)36/h6-7,12-13,22,37H,5,8-11,14-16H2,1-4H3,(H,38,44)/i11D2. The highest BCUT2D eigenvalue weighted by atomic mass is 35.5. The Morgan fingerprint density at radius 1 is 1.27 bits per heavy atom. The summed E-state index contributed by atoms with van der Waals surface area (Å²) in [5, 5.41) is 10.0. The number of benzene rings is 1. The van der Waals surface area contributed by atoms with Crippen molar-refractivity contribution < 1.29 is 35.0 Å². The number of carbonyl (C=O) groups is 2. The molecule has 4 aromatic rings. The summed E-state index contributed by atoms with van der Waals surface area (Å²) in [5.74, 6) is -0.518. The molecule has 3 aromatic heterocycles. The van der Waals surface area contributed by atoms with Gasteiger partial charge in [0.15, 0.2) is 5.82 Å². The second-order valence-corrected chi connectivity index (χ2v) is 14.1. The number of hydrogen-bond acceptors (Lipinski definition) is 9. The van der Waals surface area contributed by atoms with Crippen molar-refractivity contribution in [1.82, 2.24) is 29.4 Å². The zero-order valence-corrected chi connectivity index (χ0v) is 28.6. The van der Waals surface area contributed by atoms with E-state index >= 15 is 0 Å². The first-order valence-corrected chi connectivity index (χ1v) is 16.7. The van der Waals surface area contributed by atoms with E-state index in [1.807, 2.05) is 0 Å². The number of alkyl halides is 3. The second-order valence-electron chi connectivity index (χ2n) is 12.6. The molecule has 2 amide bonds. The largest absolute Gasteiger partial charge is 0.444 e. The van der Waals surface area contributed by atoms with Crippen LogP contribution in [-0.2, 0) is 46.4 Å². The lowest BCUT2D eigenvalue weighted by molar-refractivity contribution is -0.137. The minimum atomic E-state index is -4.63. The number of nitrogens with one attached hydrogen (secondary N) is 2. The summed E-state index contributed by atoms with van der Waals surface area (Å²) in [6, 6.07) is 3.51. The van der Waals surface area contributed by atoms with Gasteiger partial charge >= 0.3 is 12.3 Å². The number of piperazine rings is 1. The first-order chi connectivity index (χ1) is 23.8. The lowest BCUT2D eigenvalue weighted by atomic mass is 10.0. The van der Waals surface area contributed by atoms with Crippen molar-refractivity contribution in [2.24, 2.45) is 0 Å². The van der Waals surface area contributed by atoms with Crippen molar-refractivity contribution in [2.45, 2.75) is 71.5 Å². The summed E-state index contributed by atoms with van der Waals surface area (Å²) in [5.41, 5.74) is -1.11. The van der Waals surface area contributed by atoms with Crippen molar-refractivity contribution in [2.75, 3.05) is 31.5 Å². The Balaban J connectivity index is 1.47. The lowest BCUT2D eigenvalue weighted by Crippen LogP contribution is -2.52. The molecule has 1 aromatic carbocycles. The molecule has 0 saturated carbocycles. The van der Waals surface area contributed by atoms with E-state index in [0.29, 0.717) is 23.2 Å². The van der Waals surface area contributed by atoms with Gasteiger partial charge in [0.25, 0.3) is 5.56 Å². The Morgan fingerprint density at radius 2 is 2.04 bits per heavy atom. The summed E-state index contributed by atoms with van der Waals surface area (Å²) in [6.07, 6.45) is -5.02. The highest BCUT2D eigenvalue weighted by Gasteiger charge is 2.37. The number of anilines is 1. The Labute approximate surface area is 291 Å². The molecule has 0 aliphatic carbocycles. The molecule has 262 valence electrons. The highest BCUT2D eigenvalue weighted by molar-refractivity contribution is 7.15. The average Bonchev–Trinajstić information content (AvgIpc) is 3.66. The Bertz CT molecular complexity index is 2080. The van der Waals surface area contributed by atoms with E-state index < -0.39 is 54.0 Å². The van der Waals surface area contributed by atoms with Crippen LogP contribution in [0.25, 0.3) is 16.5 Å². The zero-order chi connectivity index (χ0) is 37.0. The molecular formula is C32H35ClF3N7O5S. The van der Waals surface area contributed by atoms with Crippen molar-refractivity contribution in [3.05, 3.63) is 66.9 Å². The molecular weight excluding hydrogens is 687 g/mol. The summed E-state index contributed by atoms with van der Waals surface area (Å²) >= 11 is 7.42. The zero-order valence-electron chi connectivity index (χ0n) is 29.0. The van der Waals surface area contributed by atoms with Gasteiger partial charge < -0.3 is 24.7 Å². The van der Waals surface area contributed by atoms with Gasteiger partial charge in [0.2, 0.25) is 11.7 Å². The molecule has 1 atom stereocenters. The van der Waals surface area contributed by atoms with Crippen molar-refractivity contribution >= 4 is 46.4 Å². The molecule has 0 bridgehead atoms. The van der Waals surface area contributed by atoms with Gasteiger partial charge in [-0.3, -0.25) is 14.5 Å². The number of aromatic nitrogens is 4. The maximum atomic E-state index is 14.4. The highest BCUT2D eigenvalue weighted by Crippen LogP contribution is 2.35. The first kappa shape index (κ1) is 32.2. The minimum absolute atomic E-state index is 0.00908. The maximum absolute atomic E-state index is 14.4. The van der Waals surface area contributed by atoms with E-state index in [1.165, 1.54) is 20.8 Å². The van der Waals surface area contributed by atoms with Crippen LogP contribution < -0.4 is 16.2 Å². The first-order valence-electron chi connectivity index (χ1n) is 16.5. The molecule has 2 aliphatic heterocycles.